The molecule has 0 aromatic rings. The summed E-state index contributed by atoms with van der Waals surface area (Å²) in [4.78, 5) is 4.80. The fraction of sp³-hybridized carbons (Fsp3) is 1.00. The highest BCUT2D eigenvalue weighted by Gasteiger charge is 2.20. The average Bonchev–Trinajstić information content (AvgIpc) is 2.27. The molecule has 0 bridgehead atoms. The molecule has 0 aromatic heterocycles. The van der Waals surface area contributed by atoms with Gasteiger partial charge in [-0.25, -0.2) is 0 Å². The van der Waals surface area contributed by atoms with E-state index in [1.165, 1.54) is 0 Å². The summed E-state index contributed by atoms with van der Waals surface area (Å²) >= 11 is 0. The molecule has 4 heteroatoms. The summed E-state index contributed by atoms with van der Waals surface area (Å²) in [5, 5.41) is 9.73. The summed E-state index contributed by atoms with van der Waals surface area (Å²) in [6, 6.07) is 0.635. The number of aliphatic hydroxyl groups is 1. The molecule has 0 saturated carbocycles. The monoisotopic (exact) mass is 230 g/mol. The summed E-state index contributed by atoms with van der Waals surface area (Å²) < 4.78 is 5.21. The van der Waals surface area contributed by atoms with Crippen LogP contribution < -0.4 is 0 Å². The quantitative estimate of drug-likeness (QED) is 0.717. The first-order valence-corrected chi connectivity index (χ1v) is 6.35. The minimum atomic E-state index is -0.342. The van der Waals surface area contributed by atoms with Crippen molar-refractivity contribution in [3.8, 4) is 0 Å². The van der Waals surface area contributed by atoms with Crippen molar-refractivity contribution in [2.75, 3.05) is 45.9 Å². The predicted molar refractivity (Wildman–Crippen MR) is 65.6 cm³/mol. The molecular formula is C12H26N2O2. The molecule has 0 amide bonds. The zero-order chi connectivity index (χ0) is 12.0. The largest absolute Gasteiger partial charge is 0.389 e. The molecule has 96 valence electrons. The van der Waals surface area contributed by atoms with Crippen molar-refractivity contribution in [1.82, 2.24) is 9.80 Å². The third-order valence-electron chi connectivity index (χ3n) is 3.12. The normalized spacial score (nSPS) is 21.6. The lowest BCUT2D eigenvalue weighted by Crippen LogP contribution is -2.50. The number of hydrogen-bond donors (Lipinski definition) is 1. The van der Waals surface area contributed by atoms with Gasteiger partial charge in [0.05, 0.1) is 12.7 Å². The third kappa shape index (κ3) is 4.78. The molecule has 1 fully saturated rings. The molecule has 16 heavy (non-hydrogen) atoms. The maximum absolute atomic E-state index is 9.73. The highest BCUT2D eigenvalue weighted by atomic mass is 16.5. The van der Waals surface area contributed by atoms with E-state index in [4.69, 9.17) is 4.74 Å². The van der Waals surface area contributed by atoms with Crippen molar-refractivity contribution in [3.63, 3.8) is 0 Å². The predicted octanol–water partition coefficient (Wildman–Crippen LogP) is 0.410. The maximum Gasteiger partial charge on any atom is 0.0900 e. The van der Waals surface area contributed by atoms with Crippen molar-refractivity contribution >= 4 is 0 Å². The van der Waals surface area contributed by atoms with Crippen LogP contribution in [0.3, 0.4) is 0 Å². The van der Waals surface area contributed by atoms with Crippen molar-refractivity contribution in [2.24, 2.45) is 0 Å². The van der Waals surface area contributed by atoms with E-state index < -0.39 is 0 Å². The van der Waals surface area contributed by atoms with Crippen LogP contribution in [0.15, 0.2) is 0 Å². The minimum absolute atomic E-state index is 0.342. The van der Waals surface area contributed by atoms with Gasteiger partial charge in [0.25, 0.3) is 0 Å². The highest BCUT2D eigenvalue weighted by molar-refractivity contribution is 4.75. The Hall–Kier alpha value is -0.160. The summed E-state index contributed by atoms with van der Waals surface area (Å²) in [6.45, 7) is 12.6. The molecule has 1 atom stereocenters. The maximum atomic E-state index is 9.73. The van der Waals surface area contributed by atoms with Gasteiger partial charge in [0.2, 0.25) is 0 Å². The molecule has 1 aliphatic rings. The van der Waals surface area contributed by atoms with Crippen LogP contribution in [0.1, 0.15) is 20.8 Å². The smallest absolute Gasteiger partial charge is 0.0900 e. The molecule has 1 N–H and O–H groups in total. The van der Waals surface area contributed by atoms with E-state index in [0.29, 0.717) is 19.3 Å². The van der Waals surface area contributed by atoms with Gasteiger partial charge in [-0.2, -0.15) is 0 Å². The average molecular weight is 230 g/mol. The van der Waals surface area contributed by atoms with Gasteiger partial charge in [0.15, 0.2) is 0 Å². The lowest BCUT2D eigenvalue weighted by atomic mass is 10.2. The Bertz CT molecular complexity index is 180. The van der Waals surface area contributed by atoms with Crippen molar-refractivity contribution in [1.29, 1.82) is 0 Å². The Balaban J connectivity index is 2.16. The molecule has 0 spiro atoms. The van der Waals surface area contributed by atoms with Crippen molar-refractivity contribution < 1.29 is 9.84 Å². The summed E-state index contributed by atoms with van der Waals surface area (Å²) in [7, 11) is 0. The standard InChI is InChI=1S/C12H26N2O2/c1-4-16-10-12(15)9-13-5-7-14(8-6-13)11(2)3/h11-12,15H,4-10H2,1-3H3/t12-/m0/s1. The SMILES string of the molecule is CCOC[C@@H](O)CN1CCN(C(C)C)CC1. The van der Waals surface area contributed by atoms with Crippen LogP contribution in [0, 0.1) is 0 Å². The first-order chi connectivity index (χ1) is 7.63. The fourth-order valence-corrected chi connectivity index (χ4v) is 2.07. The van der Waals surface area contributed by atoms with Crippen LogP contribution in [-0.2, 0) is 4.74 Å². The summed E-state index contributed by atoms with van der Waals surface area (Å²) in [5.41, 5.74) is 0. The lowest BCUT2D eigenvalue weighted by Gasteiger charge is -2.37. The van der Waals surface area contributed by atoms with Crippen LogP contribution in [0.4, 0.5) is 0 Å². The molecule has 0 unspecified atom stereocenters. The van der Waals surface area contributed by atoms with Crippen LogP contribution in [0.5, 0.6) is 0 Å². The van der Waals surface area contributed by atoms with Gasteiger partial charge >= 0.3 is 0 Å². The molecule has 0 radical (unpaired) electrons. The second-order valence-electron chi connectivity index (χ2n) is 4.74. The Kier molecular flexibility index (Phi) is 6.28. The van der Waals surface area contributed by atoms with E-state index in [1.807, 2.05) is 6.92 Å². The van der Waals surface area contributed by atoms with Crippen molar-refractivity contribution in [2.45, 2.75) is 32.9 Å². The molecule has 1 saturated heterocycles. The highest BCUT2D eigenvalue weighted by Crippen LogP contribution is 2.06. The molecule has 1 aliphatic heterocycles. The lowest BCUT2D eigenvalue weighted by molar-refractivity contribution is 0.00813. The molecular weight excluding hydrogens is 204 g/mol. The van der Waals surface area contributed by atoms with Crippen LogP contribution in [-0.4, -0.2) is 73.0 Å². The second kappa shape index (κ2) is 7.22. The first kappa shape index (κ1) is 13.9. The summed E-state index contributed by atoms with van der Waals surface area (Å²) in [5.74, 6) is 0. The number of hydrogen-bond acceptors (Lipinski definition) is 4. The van der Waals surface area contributed by atoms with Gasteiger partial charge < -0.3 is 9.84 Å². The molecule has 0 aliphatic carbocycles. The third-order valence-corrected chi connectivity index (χ3v) is 3.12. The van der Waals surface area contributed by atoms with E-state index >= 15 is 0 Å². The number of β-amino-alcohol motifs (C(OH)–C–C–N with tert-alkyl or cyclic N) is 1. The van der Waals surface area contributed by atoms with Gasteiger partial charge in [-0.15, -0.1) is 0 Å². The van der Waals surface area contributed by atoms with E-state index in [9.17, 15) is 5.11 Å². The van der Waals surface area contributed by atoms with E-state index in [0.717, 1.165) is 32.7 Å². The molecule has 4 nitrogen and oxygen atoms in total. The van der Waals surface area contributed by atoms with Crippen LogP contribution in [0.2, 0.25) is 0 Å². The van der Waals surface area contributed by atoms with Crippen LogP contribution >= 0.6 is 0 Å². The number of piperazine rings is 1. The van der Waals surface area contributed by atoms with Gasteiger partial charge in [0, 0.05) is 45.4 Å². The minimum Gasteiger partial charge on any atom is -0.389 e. The fourth-order valence-electron chi connectivity index (χ4n) is 2.07. The Morgan fingerprint density at radius 2 is 1.81 bits per heavy atom. The second-order valence-corrected chi connectivity index (χ2v) is 4.74. The molecule has 1 rings (SSSR count). The van der Waals surface area contributed by atoms with Crippen molar-refractivity contribution in [3.05, 3.63) is 0 Å². The number of rotatable bonds is 6. The van der Waals surface area contributed by atoms with E-state index in [1.54, 1.807) is 0 Å². The molecule has 1 heterocycles. The topological polar surface area (TPSA) is 35.9 Å². The Morgan fingerprint density at radius 3 is 2.31 bits per heavy atom. The van der Waals surface area contributed by atoms with Crippen LogP contribution in [0.25, 0.3) is 0 Å². The van der Waals surface area contributed by atoms with Gasteiger partial charge in [-0.05, 0) is 20.8 Å². The number of ether oxygens (including phenoxy) is 1. The Morgan fingerprint density at radius 1 is 1.19 bits per heavy atom. The van der Waals surface area contributed by atoms with E-state index in [-0.39, 0.29) is 6.10 Å². The van der Waals surface area contributed by atoms with Gasteiger partial charge in [0.1, 0.15) is 0 Å². The van der Waals surface area contributed by atoms with Gasteiger partial charge in [-0.1, -0.05) is 0 Å². The first-order valence-electron chi connectivity index (χ1n) is 6.35. The number of nitrogens with zero attached hydrogens (tertiary/aromatic N) is 2. The summed E-state index contributed by atoms with van der Waals surface area (Å²) in [6.07, 6.45) is -0.342. The zero-order valence-electron chi connectivity index (χ0n) is 10.9. The van der Waals surface area contributed by atoms with Gasteiger partial charge in [-0.3, -0.25) is 9.80 Å². The molecule has 0 aromatic carbocycles. The zero-order valence-corrected chi connectivity index (χ0v) is 10.9. The van der Waals surface area contributed by atoms with E-state index in [2.05, 4.69) is 23.6 Å². The number of aliphatic hydroxyl groups excluding tert-OH is 1. The Labute approximate surface area is 99.2 Å².